The molecule has 4 nitrogen and oxygen atoms in total. The van der Waals surface area contributed by atoms with Crippen LogP contribution in [-0.2, 0) is 0 Å². The second kappa shape index (κ2) is 3.46. The van der Waals surface area contributed by atoms with Crippen LogP contribution in [-0.4, -0.2) is 16.2 Å². The van der Waals surface area contributed by atoms with Crippen LogP contribution < -0.4 is 0 Å². The first kappa shape index (κ1) is 9.55. The van der Waals surface area contributed by atoms with E-state index >= 15 is 0 Å². The number of hydrogen-bond donors (Lipinski definition) is 2. The maximum atomic E-state index is 10.7. The highest BCUT2D eigenvalue weighted by Gasteiger charge is 2.17. The summed E-state index contributed by atoms with van der Waals surface area (Å²) in [6.07, 6.45) is 0. The van der Waals surface area contributed by atoms with Crippen LogP contribution in [0.5, 0.6) is 5.75 Å². The van der Waals surface area contributed by atoms with Crippen LogP contribution in [0, 0.1) is 11.3 Å². The molecule has 0 atom stereocenters. The van der Waals surface area contributed by atoms with Gasteiger partial charge in [0.2, 0.25) is 0 Å². The Hall–Kier alpha value is -1.54. The maximum Gasteiger partial charge on any atom is 0.338 e. The first-order valence-corrected chi connectivity index (χ1v) is 4.02. The summed E-state index contributed by atoms with van der Waals surface area (Å²) in [5.74, 6) is -1.58. The molecule has 0 bridgehead atoms. The van der Waals surface area contributed by atoms with Gasteiger partial charge in [-0.25, -0.2) is 4.79 Å². The predicted molar refractivity (Wildman–Crippen MR) is 47.5 cm³/mol. The van der Waals surface area contributed by atoms with Crippen molar-refractivity contribution < 1.29 is 15.0 Å². The SMILES string of the molecule is N#Cc1c(O)ccc(Br)c1C(=O)O. The highest BCUT2D eigenvalue weighted by Crippen LogP contribution is 2.27. The minimum atomic E-state index is -1.25. The van der Waals surface area contributed by atoms with Gasteiger partial charge in [-0.15, -0.1) is 0 Å². The van der Waals surface area contributed by atoms with E-state index in [1.165, 1.54) is 12.1 Å². The van der Waals surface area contributed by atoms with E-state index in [2.05, 4.69) is 15.9 Å². The number of carboxylic acid groups (broad SMARTS) is 1. The van der Waals surface area contributed by atoms with Crippen molar-refractivity contribution in [3.05, 3.63) is 27.7 Å². The summed E-state index contributed by atoms with van der Waals surface area (Å²) in [6.45, 7) is 0. The third kappa shape index (κ3) is 1.63. The van der Waals surface area contributed by atoms with E-state index in [4.69, 9.17) is 15.5 Å². The van der Waals surface area contributed by atoms with Gasteiger partial charge in [-0.2, -0.15) is 5.26 Å². The number of aromatic hydroxyl groups is 1. The molecule has 1 aromatic carbocycles. The number of rotatable bonds is 1. The molecule has 0 aliphatic carbocycles. The van der Waals surface area contributed by atoms with Crippen LogP contribution in [0.25, 0.3) is 0 Å². The first-order valence-electron chi connectivity index (χ1n) is 3.22. The van der Waals surface area contributed by atoms with Gasteiger partial charge in [0.25, 0.3) is 0 Å². The van der Waals surface area contributed by atoms with Crippen molar-refractivity contribution in [2.75, 3.05) is 0 Å². The molecule has 66 valence electrons. The summed E-state index contributed by atoms with van der Waals surface area (Å²) in [4.78, 5) is 10.7. The fraction of sp³-hybridized carbons (Fsp3) is 0. The number of aromatic carboxylic acids is 1. The van der Waals surface area contributed by atoms with Crippen LogP contribution >= 0.6 is 15.9 Å². The summed E-state index contributed by atoms with van der Waals surface area (Å²) >= 11 is 2.98. The van der Waals surface area contributed by atoms with Gasteiger partial charge in [0.15, 0.2) is 0 Å². The summed E-state index contributed by atoms with van der Waals surface area (Å²) in [6, 6.07) is 4.26. The Kier molecular flexibility index (Phi) is 2.54. The molecule has 0 heterocycles. The number of phenolic OH excluding ortho intramolecular Hbond substituents is 1. The average molecular weight is 242 g/mol. The Morgan fingerprint density at radius 1 is 1.54 bits per heavy atom. The molecule has 0 unspecified atom stereocenters. The minimum Gasteiger partial charge on any atom is -0.507 e. The van der Waals surface area contributed by atoms with E-state index in [-0.39, 0.29) is 21.3 Å². The van der Waals surface area contributed by atoms with E-state index in [1.54, 1.807) is 6.07 Å². The molecule has 2 N–H and O–H groups in total. The van der Waals surface area contributed by atoms with Crippen molar-refractivity contribution >= 4 is 21.9 Å². The number of carbonyl (C=O) groups is 1. The molecular formula is C8H4BrNO3. The van der Waals surface area contributed by atoms with Gasteiger partial charge in [0.05, 0.1) is 5.56 Å². The van der Waals surface area contributed by atoms with Gasteiger partial charge in [0, 0.05) is 4.47 Å². The van der Waals surface area contributed by atoms with Gasteiger partial charge in [-0.3, -0.25) is 0 Å². The molecule has 0 saturated heterocycles. The van der Waals surface area contributed by atoms with Gasteiger partial charge in [-0.05, 0) is 28.1 Å². The van der Waals surface area contributed by atoms with Crippen molar-refractivity contribution in [1.82, 2.24) is 0 Å². The first-order chi connectivity index (χ1) is 6.07. The van der Waals surface area contributed by atoms with Crippen LogP contribution in [0.3, 0.4) is 0 Å². The number of phenols is 1. The van der Waals surface area contributed by atoms with E-state index in [0.717, 1.165) is 0 Å². The topological polar surface area (TPSA) is 81.3 Å². The Balaban J connectivity index is 3.55. The molecule has 0 radical (unpaired) electrons. The van der Waals surface area contributed by atoms with Gasteiger partial charge >= 0.3 is 5.97 Å². The van der Waals surface area contributed by atoms with Crippen LogP contribution in [0.1, 0.15) is 15.9 Å². The lowest BCUT2D eigenvalue weighted by atomic mass is 10.1. The smallest absolute Gasteiger partial charge is 0.338 e. The largest absolute Gasteiger partial charge is 0.507 e. The molecular weight excluding hydrogens is 238 g/mol. The van der Waals surface area contributed by atoms with Gasteiger partial charge < -0.3 is 10.2 Å². The van der Waals surface area contributed by atoms with Gasteiger partial charge in [0.1, 0.15) is 17.4 Å². The van der Waals surface area contributed by atoms with Crippen LogP contribution in [0.4, 0.5) is 0 Å². The Bertz CT molecular complexity index is 409. The molecule has 5 heteroatoms. The zero-order chi connectivity index (χ0) is 10.0. The highest BCUT2D eigenvalue weighted by molar-refractivity contribution is 9.10. The van der Waals surface area contributed by atoms with E-state index in [9.17, 15) is 4.79 Å². The molecule has 0 fully saturated rings. The number of nitriles is 1. The molecule has 0 aromatic heterocycles. The predicted octanol–water partition coefficient (Wildman–Crippen LogP) is 1.72. The molecule has 13 heavy (non-hydrogen) atoms. The molecule has 0 saturated carbocycles. The van der Waals surface area contributed by atoms with Crippen molar-refractivity contribution in [1.29, 1.82) is 5.26 Å². The lowest BCUT2D eigenvalue weighted by Crippen LogP contribution is -2.01. The van der Waals surface area contributed by atoms with Crippen molar-refractivity contribution in [2.45, 2.75) is 0 Å². The summed E-state index contributed by atoms with van der Waals surface area (Å²) in [5.41, 5.74) is -0.454. The standard InChI is InChI=1S/C8H4BrNO3/c9-5-1-2-6(11)4(3-10)7(5)8(12)13/h1-2,11H,(H,12,13). The van der Waals surface area contributed by atoms with E-state index < -0.39 is 5.97 Å². The third-order valence-corrected chi connectivity index (χ3v) is 2.12. The summed E-state index contributed by atoms with van der Waals surface area (Å²) in [5, 5.41) is 26.4. The number of benzene rings is 1. The fourth-order valence-corrected chi connectivity index (χ4v) is 1.39. The monoisotopic (exact) mass is 241 g/mol. The number of hydrogen-bond acceptors (Lipinski definition) is 3. The molecule has 1 rings (SSSR count). The minimum absolute atomic E-state index is 0.220. The van der Waals surface area contributed by atoms with Crippen LogP contribution in [0.2, 0.25) is 0 Å². The zero-order valence-electron chi connectivity index (χ0n) is 6.28. The van der Waals surface area contributed by atoms with E-state index in [1.807, 2.05) is 0 Å². The quantitative estimate of drug-likeness (QED) is 0.785. The van der Waals surface area contributed by atoms with Crippen LogP contribution in [0.15, 0.2) is 16.6 Å². The zero-order valence-corrected chi connectivity index (χ0v) is 7.87. The molecule has 0 aliphatic rings. The lowest BCUT2D eigenvalue weighted by molar-refractivity contribution is 0.0695. The normalized spacial score (nSPS) is 9.23. The summed E-state index contributed by atoms with van der Waals surface area (Å²) in [7, 11) is 0. The van der Waals surface area contributed by atoms with Gasteiger partial charge in [-0.1, -0.05) is 0 Å². The second-order valence-corrected chi connectivity index (χ2v) is 3.09. The molecule has 1 aromatic rings. The van der Waals surface area contributed by atoms with Crippen molar-refractivity contribution in [3.8, 4) is 11.8 Å². The molecule has 0 amide bonds. The second-order valence-electron chi connectivity index (χ2n) is 2.23. The Labute approximate surface area is 82.2 Å². The lowest BCUT2D eigenvalue weighted by Gasteiger charge is -2.02. The highest BCUT2D eigenvalue weighted by atomic mass is 79.9. The molecule has 0 spiro atoms. The molecule has 0 aliphatic heterocycles. The van der Waals surface area contributed by atoms with Crippen molar-refractivity contribution in [2.24, 2.45) is 0 Å². The van der Waals surface area contributed by atoms with Crippen molar-refractivity contribution in [3.63, 3.8) is 0 Å². The Morgan fingerprint density at radius 3 is 2.54 bits per heavy atom. The summed E-state index contributed by atoms with van der Waals surface area (Å²) < 4.78 is 0.273. The number of halogens is 1. The Morgan fingerprint density at radius 2 is 2.15 bits per heavy atom. The fourth-order valence-electron chi connectivity index (χ4n) is 0.889. The third-order valence-electron chi connectivity index (χ3n) is 1.46. The number of nitrogens with zero attached hydrogens (tertiary/aromatic N) is 1. The number of carboxylic acids is 1. The maximum absolute atomic E-state index is 10.7. The average Bonchev–Trinajstić information content (AvgIpc) is 2.07. The van der Waals surface area contributed by atoms with E-state index in [0.29, 0.717) is 0 Å².